The summed E-state index contributed by atoms with van der Waals surface area (Å²) in [5.41, 5.74) is 1.14. The van der Waals surface area contributed by atoms with Crippen molar-refractivity contribution >= 4 is 5.78 Å². The Hall–Kier alpha value is -2.49. The Kier molecular flexibility index (Phi) is 3.71. The molecule has 0 aliphatic carbocycles. The van der Waals surface area contributed by atoms with Crippen molar-refractivity contribution < 1.29 is 20.1 Å². The number of carbonyl (C=O) groups excluding carboxylic acids is 1. The first kappa shape index (κ1) is 13.0. The second-order valence-electron chi connectivity index (χ2n) is 4.28. The molecule has 4 heteroatoms. The summed E-state index contributed by atoms with van der Waals surface area (Å²) < 4.78 is 0. The number of aryl methyl sites for hydroxylation is 1. The number of Topliss-reactive ketones (excluding diaryl/α,β-unsaturated/α-hetero) is 1. The van der Waals surface area contributed by atoms with Gasteiger partial charge in [0.1, 0.15) is 17.2 Å². The molecule has 0 bridgehead atoms. The van der Waals surface area contributed by atoms with Gasteiger partial charge in [-0.05, 0) is 42.3 Å². The minimum Gasteiger partial charge on any atom is -0.508 e. The summed E-state index contributed by atoms with van der Waals surface area (Å²) in [5.74, 6) is 0.0322. The number of phenolic OH excluding ortho intramolecular Hbond substituents is 3. The molecule has 4 nitrogen and oxygen atoms in total. The van der Waals surface area contributed by atoms with Crippen LogP contribution in [0.2, 0.25) is 0 Å². The lowest BCUT2D eigenvalue weighted by Crippen LogP contribution is -2.01. The predicted molar refractivity (Wildman–Crippen MR) is 70.5 cm³/mol. The second kappa shape index (κ2) is 5.44. The molecule has 0 unspecified atom stereocenters. The summed E-state index contributed by atoms with van der Waals surface area (Å²) in [7, 11) is 0. The summed E-state index contributed by atoms with van der Waals surface area (Å²) in [6, 6.07) is 10.4. The molecule has 3 N–H and O–H groups in total. The number of phenols is 3. The van der Waals surface area contributed by atoms with Crippen molar-refractivity contribution in [3.8, 4) is 17.2 Å². The van der Waals surface area contributed by atoms with Gasteiger partial charge in [0.2, 0.25) is 0 Å². The number of hydrogen-bond acceptors (Lipinski definition) is 4. The van der Waals surface area contributed by atoms with Gasteiger partial charge in [0.05, 0.1) is 0 Å². The van der Waals surface area contributed by atoms with Crippen LogP contribution in [0.1, 0.15) is 22.3 Å². The van der Waals surface area contributed by atoms with Gasteiger partial charge in [0.25, 0.3) is 0 Å². The van der Waals surface area contributed by atoms with Gasteiger partial charge in [-0.1, -0.05) is 6.07 Å². The highest BCUT2D eigenvalue weighted by Gasteiger charge is 2.08. The summed E-state index contributed by atoms with van der Waals surface area (Å²) >= 11 is 0. The predicted octanol–water partition coefficient (Wildman–Crippen LogP) is 2.62. The highest BCUT2D eigenvalue weighted by atomic mass is 16.3. The molecule has 0 aromatic heterocycles. The lowest BCUT2D eigenvalue weighted by Gasteiger charge is -2.05. The first-order valence-corrected chi connectivity index (χ1v) is 5.89. The van der Waals surface area contributed by atoms with E-state index in [1.165, 1.54) is 24.3 Å². The lowest BCUT2D eigenvalue weighted by molar-refractivity contribution is 0.0983. The summed E-state index contributed by atoms with van der Waals surface area (Å²) in [5, 5.41) is 27.9. The van der Waals surface area contributed by atoms with Crippen LogP contribution in [0.4, 0.5) is 0 Å². The maximum Gasteiger partial charge on any atom is 0.163 e. The van der Waals surface area contributed by atoms with E-state index in [1.54, 1.807) is 18.2 Å². The molecule has 0 amide bonds. The van der Waals surface area contributed by atoms with Gasteiger partial charge in [0, 0.05) is 18.1 Å². The molecule has 0 aliphatic heterocycles. The van der Waals surface area contributed by atoms with Gasteiger partial charge >= 0.3 is 0 Å². The number of rotatable bonds is 4. The molecule has 98 valence electrons. The number of benzene rings is 2. The normalized spacial score (nSPS) is 10.3. The molecule has 0 saturated heterocycles. The van der Waals surface area contributed by atoms with Gasteiger partial charge in [-0.25, -0.2) is 0 Å². The van der Waals surface area contributed by atoms with Crippen molar-refractivity contribution in [1.82, 2.24) is 0 Å². The van der Waals surface area contributed by atoms with E-state index in [9.17, 15) is 9.90 Å². The van der Waals surface area contributed by atoms with Crippen molar-refractivity contribution in [2.45, 2.75) is 12.8 Å². The molecule has 0 heterocycles. The fourth-order valence-electron chi connectivity index (χ4n) is 1.80. The van der Waals surface area contributed by atoms with E-state index in [0.717, 1.165) is 0 Å². The fourth-order valence-corrected chi connectivity index (χ4v) is 1.80. The third-order valence-electron chi connectivity index (χ3n) is 2.88. The molecule has 0 radical (unpaired) electrons. The first-order valence-electron chi connectivity index (χ1n) is 5.89. The Bertz CT molecular complexity index is 588. The van der Waals surface area contributed by atoms with E-state index >= 15 is 0 Å². The van der Waals surface area contributed by atoms with E-state index in [4.69, 9.17) is 10.2 Å². The van der Waals surface area contributed by atoms with Crippen molar-refractivity contribution in [1.29, 1.82) is 0 Å². The average Bonchev–Trinajstić information content (AvgIpc) is 2.38. The second-order valence-corrected chi connectivity index (χ2v) is 4.28. The van der Waals surface area contributed by atoms with Gasteiger partial charge < -0.3 is 15.3 Å². The summed E-state index contributed by atoms with van der Waals surface area (Å²) in [4.78, 5) is 11.9. The quantitative estimate of drug-likeness (QED) is 0.737. The first-order chi connectivity index (χ1) is 9.06. The maximum absolute atomic E-state index is 11.9. The third kappa shape index (κ3) is 3.25. The third-order valence-corrected chi connectivity index (χ3v) is 2.88. The van der Waals surface area contributed by atoms with Gasteiger partial charge in [0.15, 0.2) is 5.78 Å². The van der Waals surface area contributed by atoms with E-state index in [0.29, 0.717) is 17.5 Å². The largest absolute Gasteiger partial charge is 0.508 e. The van der Waals surface area contributed by atoms with Crippen LogP contribution < -0.4 is 0 Å². The number of carbonyl (C=O) groups is 1. The van der Waals surface area contributed by atoms with Crippen LogP contribution in [0.5, 0.6) is 17.2 Å². The Labute approximate surface area is 110 Å². The fraction of sp³-hybridized carbons (Fsp3) is 0.133. The highest BCUT2D eigenvalue weighted by molar-refractivity contribution is 5.96. The molecule has 0 fully saturated rings. The Morgan fingerprint density at radius 2 is 1.53 bits per heavy atom. The molecule has 2 aromatic carbocycles. The zero-order valence-corrected chi connectivity index (χ0v) is 10.2. The standard InChI is InChI=1S/C15H14O4/c16-12-5-1-10(2-6-12)14(18)8-4-11-3-7-13(17)9-15(11)19/h1-3,5-7,9,16-17,19H,4,8H2. The zero-order valence-electron chi connectivity index (χ0n) is 10.2. The Morgan fingerprint density at radius 3 is 2.16 bits per heavy atom. The monoisotopic (exact) mass is 258 g/mol. The van der Waals surface area contributed by atoms with E-state index < -0.39 is 0 Å². The molecule has 2 aromatic rings. The number of ketones is 1. The minimum absolute atomic E-state index is 0.00823. The molecule has 19 heavy (non-hydrogen) atoms. The van der Waals surface area contributed by atoms with Gasteiger partial charge in [-0.15, -0.1) is 0 Å². The lowest BCUT2D eigenvalue weighted by atomic mass is 10.0. The minimum atomic E-state index is -0.0625. The van der Waals surface area contributed by atoms with Crippen LogP contribution in [0, 0.1) is 0 Å². The SMILES string of the molecule is O=C(CCc1ccc(O)cc1O)c1ccc(O)cc1. The van der Waals surface area contributed by atoms with Gasteiger partial charge in [-0.2, -0.15) is 0 Å². The van der Waals surface area contributed by atoms with E-state index in [-0.39, 0.29) is 29.5 Å². The smallest absolute Gasteiger partial charge is 0.163 e. The van der Waals surface area contributed by atoms with Crippen LogP contribution >= 0.6 is 0 Å². The molecule has 2 rings (SSSR count). The molecule has 0 aliphatic rings. The number of aromatic hydroxyl groups is 3. The Balaban J connectivity index is 2.02. The molecular weight excluding hydrogens is 244 g/mol. The van der Waals surface area contributed by atoms with Gasteiger partial charge in [-0.3, -0.25) is 4.79 Å². The van der Waals surface area contributed by atoms with E-state index in [2.05, 4.69) is 0 Å². The molecule has 0 atom stereocenters. The van der Waals surface area contributed by atoms with E-state index in [1.807, 2.05) is 0 Å². The molecular formula is C15H14O4. The van der Waals surface area contributed by atoms with Crippen LogP contribution in [0.3, 0.4) is 0 Å². The topological polar surface area (TPSA) is 77.8 Å². The van der Waals surface area contributed by atoms with Crippen molar-refractivity contribution in [2.75, 3.05) is 0 Å². The average molecular weight is 258 g/mol. The number of hydrogen-bond donors (Lipinski definition) is 3. The molecule has 0 saturated carbocycles. The van der Waals surface area contributed by atoms with Crippen LogP contribution in [0.15, 0.2) is 42.5 Å². The van der Waals surface area contributed by atoms with Crippen molar-refractivity contribution in [3.05, 3.63) is 53.6 Å². The maximum atomic E-state index is 11.9. The molecule has 0 spiro atoms. The van der Waals surface area contributed by atoms with Crippen LogP contribution in [-0.4, -0.2) is 21.1 Å². The zero-order chi connectivity index (χ0) is 13.8. The Morgan fingerprint density at radius 1 is 0.895 bits per heavy atom. The van der Waals surface area contributed by atoms with Crippen molar-refractivity contribution in [2.24, 2.45) is 0 Å². The summed E-state index contributed by atoms with van der Waals surface area (Å²) in [6.07, 6.45) is 0.648. The van der Waals surface area contributed by atoms with Crippen LogP contribution in [-0.2, 0) is 6.42 Å². The summed E-state index contributed by atoms with van der Waals surface area (Å²) in [6.45, 7) is 0. The van der Waals surface area contributed by atoms with Crippen LogP contribution in [0.25, 0.3) is 0 Å². The van der Waals surface area contributed by atoms with Crippen molar-refractivity contribution in [3.63, 3.8) is 0 Å². The highest BCUT2D eigenvalue weighted by Crippen LogP contribution is 2.24.